The molecule has 0 aliphatic heterocycles. The van der Waals surface area contributed by atoms with Crippen molar-refractivity contribution in [1.82, 2.24) is 0 Å². The van der Waals surface area contributed by atoms with Gasteiger partial charge >= 0.3 is 27.3 Å². The Morgan fingerprint density at radius 2 is 0.538 bits per heavy atom. The van der Waals surface area contributed by atoms with E-state index in [9.17, 15) is 0 Å². The van der Waals surface area contributed by atoms with Crippen molar-refractivity contribution in [3.8, 4) is 0 Å². The van der Waals surface area contributed by atoms with Crippen LogP contribution in [0.15, 0.2) is 21.4 Å². The first kappa shape index (κ1) is 30.0. The van der Waals surface area contributed by atoms with Crippen LogP contribution in [0.5, 0.6) is 0 Å². The standard InChI is InChI=1S/4HNO2.Pb/c4*2-1-3;/h4*(H,2,3);/q;;;;+4/p-4. The fraction of sp³-hybridized carbons (Fsp3) is 0. The molecule has 0 saturated carbocycles. The number of rotatable bonds is 0. The molecule has 0 radical (unpaired) electrons. The van der Waals surface area contributed by atoms with Crippen molar-refractivity contribution in [2.75, 3.05) is 0 Å². The maximum absolute atomic E-state index is 8.00. The molecule has 0 atom stereocenters. The second-order valence-electron chi connectivity index (χ2n) is 0.298. The van der Waals surface area contributed by atoms with Gasteiger partial charge in [0.25, 0.3) is 0 Å². The topological polar surface area (TPSA) is 210 Å². The fourth-order valence-corrected chi connectivity index (χ4v) is 0. The molecule has 0 aromatic heterocycles. The summed E-state index contributed by atoms with van der Waals surface area (Å²) in [7, 11) is 0. The van der Waals surface area contributed by atoms with Crippen LogP contribution in [-0.4, -0.2) is 27.3 Å². The van der Waals surface area contributed by atoms with Gasteiger partial charge in [-0.15, -0.1) is 21.4 Å². The van der Waals surface area contributed by atoms with E-state index in [-0.39, 0.29) is 27.3 Å². The zero-order valence-electron chi connectivity index (χ0n) is 5.55. The second kappa shape index (κ2) is 150. The zero-order chi connectivity index (χ0) is 10.8. The Morgan fingerprint density at radius 1 is 0.538 bits per heavy atom. The van der Waals surface area contributed by atoms with E-state index in [1.807, 2.05) is 0 Å². The quantitative estimate of drug-likeness (QED) is 0.323. The predicted molar refractivity (Wildman–Crippen MR) is 42.4 cm³/mol. The van der Waals surface area contributed by atoms with Crippen molar-refractivity contribution in [3.63, 3.8) is 0 Å². The number of hydrogen-bond donors (Lipinski definition) is 0. The predicted octanol–water partition coefficient (Wildman–Crippen LogP) is 0.622. The van der Waals surface area contributed by atoms with Gasteiger partial charge in [0.05, 0.1) is 0 Å². The van der Waals surface area contributed by atoms with E-state index in [1.54, 1.807) is 0 Å². The summed E-state index contributed by atoms with van der Waals surface area (Å²) >= 11 is 0. The van der Waals surface area contributed by atoms with Gasteiger partial charge in [-0.05, 0) is 0 Å². The monoisotopic (exact) mass is 392 g/mol. The molecule has 0 saturated heterocycles. The smallest absolute Gasteiger partial charge is 0.444 e. The van der Waals surface area contributed by atoms with Crippen LogP contribution in [0, 0.1) is 40.5 Å². The zero-order valence-corrected chi connectivity index (χ0v) is 9.44. The Hall–Kier alpha value is -1.48. The van der Waals surface area contributed by atoms with Gasteiger partial charge < -0.3 is 40.5 Å². The molecule has 0 amide bonds. The average molecular weight is 391 g/mol. The SMILES string of the molecule is O=N[O-].O=N[O-].O=N[O-].O=N[O-].[Pb+4]. The maximum Gasteiger partial charge on any atom is 4.00 e. The minimum atomic E-state index is 0. The molecule has 72 valence electrons. The molecule has 0 N–H and O–H groups in total. The van der Waals surface area contributed by atoms with Crippen molar-refractivity contribution in [2.24, 2.45) is 21.4 Å². The van der Waals surface area contributed by atoms with Gasteiger partial charge in [0.1, 0.15) is 0 Å². The van der Waals surface area contributed by atoms with Crippen LogP contribution in [0.25, 0.3) is 0 Å². The Morgan fingerprint density at radius 3 is 0.538 bits per heavy atom. The van der Waals surface area contributed by atoms with E-state index in [0.29, 0.717) is 0 Å². The largest absolute Gasteiger partial charge is 4.00 e. The first-order valence-corrected chi connectivity index (χ1v) is 1.46. The third-order valence-electron chi connectivity index (χ3n) is 0. The molecule has 0 aromatic carbocycles. The molecular weight excluding hydrogens is 391 g/mol. The summed E-state index contributed by atoms with van der Waals surface area (Å²) in [6.45, 7) is 0. The number of hydrogen-bond acceptors (Lipinski definition) is 12. The summed E-state index contributed by atoms with van der Waals surface area (Å²) in [5, 5.41) is 36.0. The minimum Gasteiger partial charge on any atom is -0.444 e. The van der Waals surface area contributed by atoms with Crippen molar-refractivity contribution < 1.29 is 0 Å². The van der Waals surface area contributed by atoms with Gasteiger partial charge in [0, 0.05) is 0 Å². The summed E-state index contributed by atoms with van der Waals surface area (Å²) in [6.07, 6.45) is 0. The molecule has 0 rings (SSSR count). The average Bonchev–Trinajstić information content (AvgIpc) is 1.92. The van der Waals surface area contributed by atoms with Crippen LogP contribution >= 0.6 is 0 Å². The normalized spacial score (nSPS) is 3.69. The van der Waals surface area contributed by atoms with Crippen LogP contribution in [-0.2, 0) is 0 Å². The molecule has 0 aliphatic carbocycles. The molecular formula is N4O8Pb. The van der Waals surface area contributed by atoms with Crippen molar-refractivity contribution in [1.29, 1.82) is 0 Å². The van der Waals surface area contributed by atoms with Crippen LogP contribution in [0.3, 0.4) is 0 Å². The van der Waals surface area contributed by atoms with Crippen molar-refractivity contribution in [3.05, 3.63) is 40.5 Å². The van der Waals surface area contributed by atoms with Gasteiger partial charge in [-0.25, -0.2) is 0 Å². The summed E-state index contributed by atoms with van der Waals surface area (Å²) in [5.74, 6) is 0. The van der Waals surface area contributed by atoms with E-state index >= 15 is 0 Å². The van der Waals surface area contributed by atoms with Crippen LogP contribution < -0.4 is 0 Å². The second-order valence-corrected chi connectivity index (χ2v) is 0.298. The van der Waals surface area contributed by atoms with Crippen LogP contribution in [0.1, 0.15) is 0 Å². The molecule has 0 unspecified atom stereocenters. The molecule has 0 heterocycles. The summed E-state index contributed by atoms with van der Waals surface area (Å²) < 4.78 is 0. The van der Waals surface area contributed by atoms with E-state index in [2.05, 4.69) is 0 Å². The van der Waals surface area contributed by atoms with E-state index in [4.69, 9.17) is 40.5 Å². The Labute approximate surface area is 89.4 Å². The van der Waals surface area contributed by atoms with Gasteiger partial charge in [0.2, 0.25) is 0 Å². The minimum absolute atomic E-state index is 0. The van der Waals surface area contributed by atoms with Gasteiger partial charge in [0.15, 0.2) is 0 Å². The molecule has 12 nitrogen and oxygen atoms in total. The van der Waals surface area contributed by atoms with Gasteiger partial charge in [-0.2, -0.15) is 0 Å². The third-order valence-corrected chi connectivity index (χ3v) is 0. The first-order valence-electron chi connectivity index (χ1n) is 1.46. The fourth-order valence-electron chi connectivity index (χ4n) is 0. The van der Waals surface area contributed by atoms with Gasteiger partial charge in [-0.3, -0.25) is 0 Å². The molecule has 0 aromatic rings. The molecule has 0 fully saturated rings. The van der Waals surface area contributed by atoms with Crippen LogP contribution in [0.2, 0.25) is 0 Å². The molecule has 0 spiro atoms. The van der Waals surface area contributed by atoms with Gasteiger partial charge in [-0.1, -0.05) is 0 Å². The van der Waals surface area contributed by atoms with E-state index in [1.165, 1.54) is 0 Å². The summed E-state index contributed by atoms with van der Waals surface area (Å²) in [6, 6.07) is 0. The number of nitrogens with zero attached hydrogens (tertiary/aromatic N) is 4. The Kier molecular flexibility index (Phi) is 346. The maximum atomic E-state index is 8.00. The van der Waals surface area contributed by atoms with E-state index in [0.717, 1.165) is 21.4 Å². The van der Waals surface area contributed by atoms with Crippen molar-refractivity contribution in [2.45, 2.75) is 0 Å². The summed E-state index contributed by atoms with van der Waals surface area (Å²) in [5.41, 5.74) is 0. The molecule has 13 heteroatoms. The first-order chi connectivity index (χ1) is 5.66. The molecule has 0 aliphatic rings. The Bertz CT molecular complexity index is 70.1. The molecule has 13 heavy (non-hydrogen) atoms. The van der Waals surface area contributed by atoms with Crippen molar-refractivity contribution >= 4 is 27.3 Å². The third kappa shape index (κ3) is 350. The van der Waals surface area contributed by atoms with E-state index < -0.39 is 0 Å². The summed E-state index contributed by atoms with van der Waals surface area (Å²) in [4.78, 5) is 32.0. The molecule has 0 bridgehead atoms. The van der Waals surface area contributed by atoms with Crippen LogP contribution in [0.4, 0.5) is 0 Å². The Balaban J connectivity index is -0.0000000213.